The van der Waals surface area contributed by atoms with Crippen molar-refractivity contribution in [2.75, 3.05) is 16.5 Å². The van der Waals surface area contributed by atoms with Crippen LogP contribution in [0.15, 0.2) is 81.2 Å². The molecule has 0 aliphatic rings. The zero-order chi connectivity index (χ0) is 23.4. The van der Waals surface area contributed by atoms with E-state index in [4.69, 9.17) is 8.83 Å². The van der Waals surface area contributed by atoms with Crippen molar-refractivity contribution in [1.29, 1.82) is 0 Å². The summed E-state index contributed by atoms with van der Waals surface area (Å²) in [6.45, 7) is 0.407. The van der Waals surface area contributed by atoms with Crippen LogP contribution >= 0.6 is 0 Å². The molecule has 170 valence electrons. The molecule has 9 nitrogen and oxygen atoms in total. The second kappa shape index (κ2) is 9.25. The van der Waals surface area contributed by atoms with Crippen LogP contribution in [0.25, 0.3) is 0 Å². The predicted octanol–water partition coefficient (Wildman–Crippen LogP) is 3.66. The second-order valence-electron chi connectivity index (χ2n) is 7.11. The van der Waals surface area contributed by atoms with Gasteiger partial charge in [0.15, 0.2) is 5.69 Å². The van der Waals surface area contributed by atoms with E-state index in [0.717, 1.165) is 6.26 Å². The van der Waals surface area contributed by atoms with Crippen molar-refractivity contribution in [3.63, 3.8) is 0 Å². The summed E-state index contributed by atoms with van der Waals surface area (Å²) in [5.74, 6) is -0.289. The molecule has 1 amide bonds. The molecular formula is C22H19FN4O5S. The normalized spacial score (nSPS) is 11.3. The summed E-state index contributed by atoms with van der Waals surface area (Å²) >= 11 is 0. The molecule has 0 spiro atoms. The number of sulfone groups is 1. The van der Waals surface area contributed by atoms with E-state index in [9.17, 15) is 17.6 Å². The van der Waals surface area contributed by atoms with Crippen LogP contribution in [0.3, 0.4) is 0 Å². The number of hydrogen-bond donors (Lipinski definition) is 1. The number of benzene rings is 1. The minimum atomic E-state index is -3.81. The van der Waals surface area contributed by atoms with Crippen molar-refractivity contribution in [2.45, 2.75) is 18.2 Å². The lowest BCUT2D eigenvalue weighted by molar-refractivity contribution is 0.102. The zero-order valence-electron chi connectivity index (χ0n) is 17.4. The lowest BCUT2D eigenvalue weighted by Crippen LogP contribution is -2.27. The van der Waals surface area contributed by atoms with E-state index < -0.39 is 26.7 Å². The standard InChI is InChI=1S/C22H19FN4O5S/c1-33(29,30)22-24-12-19(20(26-22)21(28)25-18-9-3-2-8-17(18)23)27(13-15-6-4-10-31-15)14-16-7-5-11-32-16/h2-12H,13-14H2,1H3,(H,25,28). The summed E-state index contributed by atoms with van der Waals surface area (Å²) in [4.78, 5) is 22.8. The smallest absolute Gasteiger partial charge is 0.276 e. The SMILES string of the molecule is CS(=O)(=O)c1ncc(N(Cc2ccco2)Cc2ccco2)c(C(=O)Nc2ccccc2F)n1. The number of amides is 1. The molecule has 0 aliphatic heterocycles. The van der Waals surface area contributed by atoms with E-state index in [2.05, 4.69) is 15.3 Å². The molecule has 33 heavy (non-hydrogen) atoms. The number of nitrogens with zero attached hydrogens (tertiary/aromatic N) is 3. The number of nitrogens with one attached hydrogen (secondary N) is 1. The Bertz CT molecular complexity index is 1320. The molecule has 0 bridgehead atoms. The molecule has 0 saturated carbocycles. The summed E-state index contributed by atoms with van der Waals surface area (Å²) in [6, 6.07) is 12.6. The molecule has 3 heterocycles. The molecule has 11 heteroatoms. The van der Waals surface area contributed by atoms with E-state index in [0.29, 0.717) is 11.5 Å². The highest BCUT2D eigenvalue weighted by Crippen LogP contribution is 2.26. The van der Waals surface area contributed by atoms with E-state index in [1.165, 1.54) is 36.9 Å². The summed E-state index contributed by atoms with van der Waals surface area (Å²) in [7, 11) is -3.81. The van der Waals surface area contributed by atoms with Gasteiger partial charge in [-0.1, -0.05) is 12.1 Å². The minimum absolute atomic E-state index is 0.0726. The number of furan rings is 2. The fourth-order valence-electron chi connectivity index (χ4n) is 3.09. The molecule has 0 saturated heterocycles. The van der Waals surface area contributed by atoms with Gasteiger partial charge in [-0.05, 0) is 36.4 Å². The van der Waals surface area contributed by atoms with Gasteiger partial charge in [0, 0.05) is 6.26 Å². The molecule has 0 fully saturated rings. The number of anilines is 2. The van der Waals surface area contributed by atoms with Crippen LogP contribution < -0.4 is 10.2 Å². The van der Waals surface area contributed by atoms with Crippen molar-refractivity contribution in [3.8, 4) is 0 Å². The monoisotopic (exact) mass is 470 g/mol. The van der Waals surface area contributed by atoms with Crippen LogP contribution in [0, 0.1) is 5.82 Å². The highest BCUT2D eigenvalue weighted by molar-refractivity contribution is 7.90. The van der Waals surface area contributed by atoms with Gasteiger partial charge in [-0.15, -0.1) is 0 Å². The van der Waals surface area contributed by atoms with Gasteiger partial charge in [-0.2, -0.15) is 0 Å². The highest BCUT2D eigenvalue weighted by Gasteiger charge is 2.25. The first kappa shape index (κ1) is 22.2. The topological polar surface area (TPSA) is 119 Å². The first-order valence-electron chi connectivity index (χ1n) is 9.74. The number of carbonyl (C=O) groups excluding carboxylic acids is 1. The fraction of sp³-hybridized carbons (Fsp3) is 0.136. The third-order valence-electron chi connectivity index (χ3n) is 4.61. The maximum atomic E-state index is 14.1. The Labute approximate surface area is 188 Å². The van der Waals surface area contributed by atoms with Crippen molar-refractivity contribution in [2.24, 2.45) is 0 Å². The van der Waals surface area contributed by atoms with E-state index in [1.54, 1.807) is 35.2 Å². The zero-order valence-corrected chi connectivity index (χ0v) is 18.3. The van der Waals surface area contributed by atoms with Crippen LogP contribution in [0.2, 0.25) is 0 Å². The number of carbonyl (C=O) groups is 1. The molecule has 3 aromatic heterocycles. The van der Waals surface area contributed by atoms with E-state index in [-0.39, 0.29) is 30.2 Å². The van der Waals surface area contributed by atoms with Gasteiger partial charge >= 0.3 is 0 Å². The maximum Gasteiger partial charge on any atom is 0.276 e. The van der Waals surface area contributed by atoms with Crippen LogP contribution in [0.1, 0.15) is 22.0 Å². The average Bonchev–Trinajstić information content (AvgIpc) is 3.48. The number of rotatable bonds is 8. The maximum absolute atomic E-state index is 14.1. The molecule has 4 rings (SSSR count). The summed E-state index contributed by atoms with van der Waals surface area (Å²) in [5, 5.41) is 1.92. The van der Waals surface area contributed by atoms with Gasteiger partial charge < -0.3 is 19.1 Å². The first-order valence-corrected chi connectivity index (χ1v) is 11.6. The minimum Gasteiger partial charge on any atom is -0.467 e. The van der Waals surface area contributed by atoms with Crippen LogP contribution in [-0.4, -0.2) is 30.5 Å². The fourth-order valence-corrected chi connectivity index (χ4v) is 3.59. The van der Waals surface area contributed by atoms with Crippen LogP contribution in [-0.2, 0) is 22.9 Å². The average molecular weight is 470 g/mol. The Morgan fingerprint density at radius 2 is 1.67 bits per heavy atom. The molecule has 0 radical (unpaired) electrons. The van der Waals surface area contributed by atoms with Crippen molar-refractivity contribution in [1.82, 2.24) is 9.97 Å². The summed E-state index contributed by atoms with van der Waals surface area (Å²) in [6.07, 6.45) is 5.19. The third kappa shape index (κ3) is 5.26. The van der Waals surface area contributed by atoms with E-state index in [1.807, 2.05) is 0 Å². The molecule has 0 atom stereocenters. The molecule has 4 aromatic rings. The quantitative estimate of drug-likeness (QED) is 0.388. The molecule has 0 aliphatic carbocycles. The van der Waals surface area contributed by atoms with Gasteiger partial charge in [-0.25, -0.2) is 22.8 Å². The van der Waals surface area contributed by atoms with Crippen LogP contribution in [0.5, 0.6) is 0 Å². The predicted molar refractivity (Wildman–Crippen MR) is 117 cm³/mol. The third-order valence-corrected chi connectivity index (χ3v) is 5.47. The lowest BCUT2D eigenvalue weighted by Gasteiger charge is -2.24. The van der Waals surface area contributed by atoms with Gasteiger partial charge in [0.25, 0.3) is 5.91 Å². The molecule has 1 aromatic carbocycles. The number of aromatic nitrogens is 2. The van der Waals surface area contributed by atoms with Crippen LogP contribution in [0.4, 0.5) is 15.8 Å². The summed E-state index contributed by atoms with van der Waals surface area (Å²) < 4.78 is 49.1. The Hall–Kier alpha value is -3.99. The van der Waals surface area contributed by atoms with Crippen molar-refractivity contribution >= 4 is 27.1 Å². The van der Waals surface area contributed by atoms with Crippen molar-refractivity contribution in [3.05, 3.63) is 90.3 Å². The number of para-hydroxylation sites is 1. The van der Waals surface area contributed by atoms with Gasteiger partial charge in [-0.3, -0.25) is 4.79 Å². The Kier molecular flexibility index (Phi) is 6.22. The van der Waals surface area contributed by atoms with Crippen molar-refractivity contribution < 1.29 is 26.4 Å². The first-order chi connectivity index (χ1) is 15.8. The highest BCUT2D eigenvalue weighted by atomic mass is 32.2. The van der Waals surface area contributed by atoms with Gasteiger partial charge in [0.05, 0.1) is 43.2 Å². The van der Waals surface area contributed by atoms with Gasteiger partial charge in [0.1, 0.15) is 17.3 Å². The second-order valence-corrected chi connectivity index (χ2v) is 9.02. The van der Waals surface area contributed by atoms with E-state index >= 15 is 0 Å². The number of hydrogen-bond acceptors (Lipinski definition) is 8. The molecule has 1 N–H and O–H groups in total. The Morgan fingerprint density at radius 1 is 1.03 bits per heavy atom. The Balaban J connectivity index is 1.78. The summed E-state index contributed by atoms with van der Waals surface area (Å²) in [5.41, 5.74) is -0.104. The van der Waals surface area contributed by atoms with Gasteiger partial charge in [0.2, 0.25) is 15.0 Å². The largest absolute Gasteiger partial charge is 0.467 e. The number of halogens is 1. The molecule has 0 unspecified atom stereocenters. The molecular weight excluding hydrogens is 451 g/mol. The lowest BCUT2D eigenvalue weighted by atomic mass is 10.2. The Morgan fingerprint density at radius 3 is 2.21 bits per heavy atom.